The van der Waals surface area contributed by atoms with Crippen molar-refractivity contribution < 1.29 is 14.7 Å². The maximum absolute atomic E-state index is 11.9. The summed E-state index contributed by atoms with van der Waals surface area (Å²) in [6, 6.07) is -0.712. The molecule has 0 aromatic rings. The van der Waals surface area contributed by atoms with E-state index >= 15 is 0 Å². The van der Waals surface area contributed by atoms with Crippen LogP contribution in [-0.2, 0) is 4.79 Å². The first-order valence-corrected chi connectivity index (χ1v) is 5.12. The molecule has 0 aromatic carbocycles. The molecule has 1 heterocycles. The summed E-state index contributed by atoms with van der Waals surface area (Å²) < 4.78 is 0. The van der Waals surface area contributed by atoms with Crippen molar-refractivity contribution >= 4 is 11.9 Å². The Bertz CT molecular complexity index is 276. The van der Waals surface area contributed by atoms with Gasteiger partial charge in [-0.25, -0.2) is 4.79 Å². The van der Waals surface area contributed by atoms with E-state index in [0.29, 0.717) is 0 Å². The molecule has 0 aromatic heterocycles. The highest BCUT2D eigenvalue weighted by molar-refractivity contribution is 6.04. The van der Waals surface area contributed by atoms with E-state index in [1.54, 1.807) is 14.0 Å². The Kier molecular flexibility index (Phi) is 3.34. The molecule has 1 saturated heterocycles. The molecule has 0 radical (unpaired) electrons. The molecule has 0 aliphatic carbocycles. The van der Waals surface area contributed by atoms with Crippen LogP contribution in [-0.4, -0.2) is 52.6 Å². The van der Waals surface area contributed by atoms with Crippen LogP contribution in [0.5, 0.6) is 0 Å². The zero-order valence-corrected chi connectivity index (χ0v) is 9.60. The lowest BCUT2D eigenvalue weighted by molar-refractivity contribution is -0.130. The van der Waals surface area contributed by atoms with Crippen molar-refractivity contribution in [2.75, 3.05) is 13.6 Å². The Morgan fingerprint density at radius 1 is 1.33 bits per heavy atom. The molecule has 0 spiro atoms. The molecular formula is C10H18N2O3. The third-order valence-electron chi connectivity index (χ3n) is 2.55. The van der Waals surface area contributed by atoms with Crippen LogP contribution in [0, 0.1) is 5.92 Å². The van der Waals surface area contributed by atoms with E-state index < -0.39 is 12.1 Å². The van der Waals surface area contributed by atoms with Crippen LogP contribution in [0.4, 0.5) is 4.79 Å². The standard InChI is InChI=1S/C10H18N2O3/c1-6(2)8-9(14)12(5-7(3)13)10(15)11(8)4/h6-8,13H,5H2,1-4H3. The minimum Gasteiger partial charge on any atom is -0.392 e. The Hall–Kier alpha value is -1.10. The highest BCUT2D eigenvalue weighted by Crippen LogP contribution is 2.21. The number of imide groups is 1. The maximum Gasteiger partial charge on any atom is 0.327 e. The Morgan fingerprint density at radius 3 is 2.20 bits per heavy atom. The second kappa shape index (κ2) is 4.18. The molecule has 3 amide bonds. The van der Waals surface area contributed by atoms with Crippen molar-refractivity contribution in [3.63, 3.8) is 0 Å². The predicted molar refractivity (Wildman–Crippen MR) is 55.2 cm³/mol. The molecule has 1 N–H and O–H groups in total. The summed E-state index contributed by atoms with van der Waals surface area (Å²) in [5.41, 5.74) is 0. The summed E-state index contributed by atoms with van der Waals surface area (Å²) in [7, 11) is 1.62. The molecular weight excluding hydrogens is 196 g/mol. The van der Waals surface area contributed by atoms with E-state index in [1.165, 1.54) is 4.90 Å². The fourth-order valence-electron chi connectivity index (χ4n) is 1.89. The van der Waals surface area contributed by atoms with Crippen molar-refractivity contribution in [2.24, 2.45) is 5.92 Å². The number of urea groups is 1. The average Bonchev–Trinajstić information content (AvgIpc) is 2.29. The third-order valence-corrected chi connectivity index (χ3v) is 2.55. The minimum absolute atomic E-state index is 0.0746. The number of nitrogens with zero attached hydrogens (tertiary/aromatic N) is 2. The molecule has 5 nitrogen and oxygen atoms in total. The van der Waals surface area contributed by atoms with Gasteiger partial charge in [0.25, 0.3) is 5.91 Å². The van der Waals surface area contributed by atoms with Crippen molar-refractivity contribution in [3.8, 4) is 0 Å². The van der Waals surface area contributed by atoms with Crippen molar-refractivity contribution in [1.29, 1.82) is 0 Å². The number of aliphatic hydroxyl groups is 1. The van der Waals surface area contributed by atoms with Crippen molar-refractivity contribution in [3.05, 3.63) is 0 Å². The van der Waals surface area contributed by atoms with Crippen LogP contribution >= 0.6 is 0 Å². The highest BCUT2D eigenvalue weighted by atomic mass is 16.3. The van der Waals surface area contributed by atoms with Gasteiger partial charge in [0.05, 0.1) is 12.6 Å². The minimum atomic E-state index is -0.683. The second-order valence-corrected chi connectivity index (χ2v) is 4.38. The second-order valence-electron chi connectivity index (χ2n) is 4.38. The number of hydrogen-bond donors (Lipinski definition) is 1. The molecule has 2 unspecified atom stereocenters. The molecule has 1 rings (SSSR count). The molecule has 15 heavy (non-hydrogen) atoms. The molecule has 0 saturated carbocycles. The zero-order valence-electron chi connectivity index (χ0n) is 9.60. The van der Waals surface area contributed by atoms with Gasteiger partial charge < -0.3 is 10.0 Å². The van der Waals surface area contributed by atoms with Crippen LogP contribution in [0.1, 0.15) is 20.8 Å². The summed E-state index contributed by atoms with van der Waals surface area (Å²) in [5.74, 6) is -0.121. The van der Waals surface area contributed by atoms with Crippen LogP contribution < -0.4 is 0 Å². The molecule has 1 aliphatic heterocycles. The lowest BCUT2D eigenvalue weighted by atomic mass is 10.0. The third kappa shape index (κ3) is 2.12. The number of β-amino-alcohol motifs (C(OH)–C–C–N with tert-alkyl or cyclic N) is 1. The van der Waals surface area contributed by atoms with Gasteiger partial charge in [-0.1, -0.05) is 13.8 Å². The smallest absolute Gasteiger partial charge is 0.327 e. The van der Waals surface area contributed by atoms with Gasteiger partial charge >= 0.3 is 6.03 Å². The Labute approximate surface area is 89.7 Å². The van der Waals surface area contributed by atoms with Gasteiger partial charge in [-0.3, -0.25) is 9.69 Å². The van der Waals surface area contributed by atoms with Gasteiger partial charge in [-0.05, 0) is 12.8 Å². The van der Waals surface area contributed by atoms with Gasteiger partial charge in [0.2, 0.25) is 0 Å². The topological polar surface area (TPSA) is 60.9 Å². The van der Waals surface area contributed by atoms with E-state index in [4.69, 9.17) is 0 Å². The quantitative estimate of drug-likeness (QED) is 0.687. The Morgan fingerprint density at radius 2 is 1.87 bits per heavy atom. The van der Waals surface area contributed by atoms with Gasteiger partial charge in [0.15, 0.2) is 0 Å². The molecule has 86 valence electrons. The van der Waals surface area contributed by atoms with Gasteiger partial charge in [0.1, 0.15) is 6.04 Å². The fraction of sp³-hybridized carbons (Fsp3) is 0.800. The number of likely N-dealkylation sites (N-methyl/N-ethyl adjacent to an activating group) is 1. The summed E-state index contributed by atoms with van der Waals surface area (Å²) in [6.45, 7) is 5.44. The largest absolute Gasteiger partial charge is 0.392 e. The van der Waals surface area contributed by atoms with Crippen LogP contribution in [0.25, 0.3) is 0 Å². The zero-order chi connectivity index (χ0) is 11.7. The molecule has 0 bridgehead atoms. The molecule has 1 fully saturated rings. The lowest BCUT2D eigenvalue weighted by Crippen LogP contribution is -2.37. The first-order chi connectivity index (χ1) is 6.86. The molecule has 2 atom stereocenters. The number of aliphatic hydroxyl groups excluding tert-OH is 1. The first kappa shape index (κ1) is 12.0. The number of carbonyl (C=O) groups is 2. The average molecular weight is 214 g/mol. The summed E-state index contributed by atoms with van der Waals surface area (Å²) >= 11 is 0. The summed E-state index contributed by atoms with van der Waals surface area (Å²) in [4.78, 5) is 26.1. The monoisotopic (exact) mass is 214 g/mol. The van der Waals surface area contributed by atoms with E-state index in [0.717, 1.165) is 4.90 Å². The molecule has 5 heteroatoms. The number of amides is 3. The predicted octanol–water partition coefficient (Wildman–Crippen LogP) is 0.286. The van der Waals surface area contributed by atoms with Crippen LogP contribution in [0.3, 0.4) is 0 Å². The van der Waals surface area contributed by atoms with Crippen molar-refractivity contribution in [1.82, 2.24) is 9.80 Å². The number of rotatable bonds is 3. The van der Waals surface area contributed by atoms with Crippen molar-refractivity contribution in [2.45, 2.75) is 32.9 Å². The van der Waals surface area contributed by atoms with E-state index in [2.05, 4.69) is 0 Å². The summed E-state index contributed by atoms with van der Waals surface area (Å²) in [5, 5.41) is 9.19. The lowest BCUT2D eigenvalue weighted by Gasteiger charge is -2.19. The fourth-order valence-corrected chi connectivity index (χ4v) is 1.89. The van der Waals surface area contributed by atoms with Gasteiger partial charge in [-0.2, -0.15) is 0 Å². The normalized spacial score (nSPS) is 24.3. The van der Waals surface area contributed by atoms with E-state index in [9.17, 15) is 14.7 Å². The van der Waals surface area contributed by atoms with Crippen LogP contribution in [0.2, 0.25) is 0 Å². The Balaban J connectivity index is 2.85. The number of carbonyl (C=O) groups excluding carboxylic acids is 2. The SMILES string of the molecule is CC(O)CN1C(=O)C(C(C)C)N(C)C1=O. The summed E-state index contributed by atoms with van der Waals surface area (Å²) in [6.07, 6.45) is -0.683. The van der Waals surface area contributed by atoms with Gasteiger partial charge in [0, 0.05) is 7.05 Å². The molecule has 1 aliphatic rings. The van der Waals surface area contributed by atoms with Gasteiger partial charge in [-0.15, -0.1) is 0 Å². The first-order valence-electron chi connectivity index (χ1n) is 5.12. The highest BCUT2D eigenvalue weighted by Gasteiger charge is 2.44. The van der Waals surface area contributed by atoms with E-state index in [1.807, 2.05) is 13.8 Å². The van der Waals surface area contributed by atoms with Crippen LogP contribution in [0.15, 0.2) is 0 Å². The van der Waals surface area contributed by atoms with E-state index in [-0.39, 0.29) is 24.4 Å². The number of hydrogen-bond acceptors (Lipinski definition) is 3. The maximum atomic E-state index is 11.9.